The Morgan fingerprint density at radius 3 is 2.85 bits per heavy atom. The highest BCUT2D eigenvalue weighted by atomic mass is 32.1. The Bertz CT molecular complexity index is 463. The number of hydrogen-bond acceptors (Lipinski definition) is 5. The minimum Gasteiger partial charge on any atom is -0.395 e. The lowest BCUT2D eigenvalue weighted by molar-refractivity contribution is -0.148. The molecule has 1 unspecified atom stereocenters. The molecule has 5 nitrogen and oxygen atoms in total. The van der Waals surface area contributed by atoms with Crippen LogP contribution in [0.5, 0.6) is 0 Å². The molecule has 0 aliphatic carbocycles. The summed E-state index contributed by atoms with van der Waals surface area (Å²) in [5.74, 6) is 0.222. The number of aliphatic hydroxyl groups excluding tert-OH is 1. The number of amides is 1. The van der Waals surface area contributed by atoms with Crippen LogP contribution in [-0.4, -0.2) is 57.6 Å². The van der Waals surface area contributed by atoms with Crippen LogP contribution < -0.4 is 0 Å². The summed E-state index contributed by atoms with van der Waals surface area (Å²) < 4.78 is 0. The van der Waals surface area contributed by atoms with E-state index in [0.717, 1.165) is 45.3 Å². The number of carbonyl (C=O) groups excluding carboxylic acids is 1. The van der Waals surface area contributed by atoms with Gasteiger partial charge in [-0.1, -0.05) is 0 Å². The van der Waals surface area contributed by atoms with Crippen molar-refractivity contribution in [3.8, 4) is 0 Å². The minimum absolute atomic E-state index is 0.0522. The van der Waals surface area contributed by atoms with E-state index in [0.29, 0.717) is 6.54 Å². The van der Waals surface area contributed by atoms with E-state index in [-0.39, 0.29) is 18.1 Å². The van der Waals surface area contributed by atoms with E-state index in [1.165, 1.54) is 4.88 Å². The van der Waals surface area contributed by atoms with Crippen LogP contribution in [0, 0.1) is 0 Å². The Balaban J connectivity index is 1.79. The molecule has 1 amide bonds. The van der Waals surface area contributed by atoms with Gasteiger partial charge in [0.1, 0.15) is 5.54 Å². The molecule has 3 rings (SSSR count). The number of piperidine rings is 1. The van der Waals surface area contributed by atoms with Gasteiger partial charge in [-0.15, -0.1) is 11.3 Å². The molecule has 1 aromatic heterocycles. The van der Waals surface area contributed by atoms with Gasteiger partial charge >= 0.3 is 0 Å². The van der Waals surface area contributed by atoms with E-state index in [1.54, 1.807) is 11.3 Å². The second-order valence-electron chi connectivity index (χ2n) is 5.64. The van der Waals surface area contributed by atoms with Crippen molar-refractivity contribution in [2.75, 3.05) is 26.2 Å². The molecule has 0 saturated carbocycles. The summed E-state index contributed by atoms with van der Waals surface area (Å²) in [5, 5.41) is 9.13. The predicted octanol–water partition coefficient (Wildman–Crippen LogP) is 1.09. The number of thiazole rings is 1. The molecule has 1 spiro atoms. The molecule has 20 heavy (non-hydrogen) atoms. The molecular weight excluding hydrogens is 274 g/mol. The third-order valence-corrected chi connectivity index (χ3v) is 5.29. The smallest absolute Gasteiger partial charge is 0.243 e. The zero-order chi connectivity index (χ0) is 14.0. The van der Waals surface area contributed by atoms with Crippen LogP contribution in [0.1, 0.15) is 30.6 Å². The van der Waals surface area contributed by atoms with Gasteiger partial charge in [-0.05, 0) is 32.2 Å². The third-order valence-electron chi connectivity index (χ3n) is 4.53. The second kappa shape index (κ2) is 5.79. The van der Waals surface area contributed by atoms with Crippen molar-refractivity contribution in [3.05, 3.63) is 16.6 Å². The van der Waals surface area contributed by atoms with Crippen LogP contribution in [-0.2, 0) is 11.3 Å². The number of aliphatic hydroxyl groups is 1. The van der Waals surface area contributed by atoms with Crippen molar-refractivity contribution in [3.63, 3.8) is 0 Å². The Morgan fingerprint density at radius 2 is 2.15 bits per heavy atom. The fraction of sp³-hybridized carbons (Fsp3) is 0.714. The molecule has 110 valence electrons. The number of likely N-dealkylation sites (tertiary alicyclic amines) is 2. The molecule has 2 aliphatic rings. The van der Waals surface area contributed by atoms with Gasteiger partial charge in [0.15, 0.2) is 0 Å². The summed E-state index contributed by atoms with van der Waals surface area (Å²) in [4.78, 5) is 22.4. The molecule has 0 bridgehead atoms. The molecule has 6 heteroatoms. The molecule has 2 aliphatic heterocycles. The first-order valence-electron chi connectivity index (χ1n) is 7.29. The number of aromatic nitrogens is 1. The first-order valence-corrected chi connectivity index (χ1v) is 8.17. The zero-order valence-electron chi connectivity index (χ0n) is 11.6. The molecule has 2 saturated heterocycles. The average Bonchev–Trinajstić information content (AvgIpc) is 3.08. The fourth-order valence-electron chi connectivity index (χ4n) is 3.60. The Kier molecular flexibility index (Phi) is 4.05. The minimum atomic E-state index is -0.322. The van der Waals surface area contributed by atoms with Gasteiger partial charge in [-0.2, -0.15) is 0 Å². The van der Waals surface area contributed by atoms with E-state index in [2.05, 4.69) is 9.88 Å². The average molecular weight is 295 g/mol. The summed E-state index contributed by atoms with van der Waals surface area (Å²) in [6.45, 7) is 3.11. The molecule has 3 heterocycles. The van der Waals surface area contributed by atoms with Crippen LogP contribution in [0.3, 0.4) is 0 Å². The van der Waals surface area contributed by atoms with Crippen molar-refractivity contribution in [1.82, 2.24) is 14.8 Å². The molecular formula is C14H21N3O2S. The van der Waals surface area contributed by atoms with Crippen molar-refractivity contribution in [2.45, 2.75) is 37.8 Å². The topological polar surface area (TPSA) is 56.7 Å². The quantitative estimate of drug-likeness (QED) is 0.903. The van der Waals surface area contributed by atoms with E-state index in [1.807, 2.05) is 16.6 Å². The summed E-state index contributed by atoms with van der Waals surface area (Å²) in [5.41, 5.74) is 1.52. The standard InChI is InChI=1S/C14H21N3O2S/c18-8-7-16-5-1-3-14(13(16)19)4-2-6-17(14)10-12-9-15-11-20-12/h9,11,18H,1-8,10H2. The molecule has 1 atom stereocenters. The highest BCUT2D eigenvalue weighted by Crippen LogP contribution is 2.39. The SMILES string of the molecule is O=C1N(CCO)CCCC12CCCN2Cc1cncs1. The van der Waals surface area contributed by atoms with Gasteiger partial charge < -0.3 is 10.0 Å². The van der Waals surface area contributed by atoms with Gasteiger partial charge in [-0.3, -0.25) is 14.7 Å². The predicted molar refractivity (Wildman–Crippen MR) is 77.4 cm³/mol. The van der Waals surface area contributed by atoms with Crippen LogP contribution in [0.25, 0.3) is 0 Å². The van der Waals surface area contributed by atoms with E-state index in [9.17, 15) is 4.79 Å². The molecule has 0 radical (unpaired) electrons. The lowest BCUT2D eigenvalue weighted by atomic mass is 9.85. The first kappa shape index (κ1) is 14.0. The summed E-state index contributed by atoms with van der Waals surface area (Å²) in [6, 6.07) is 0. The Hall–Kier alpha value is -0.980. The van der Waals surface area contributed by atoms with E-state index < -0.39 is 0 Å². The Morgan fingerprint density at radius 1 is 1.35 bits per heavy atom. The van der Waals surface area contributed by atoms with Gasteiger partial charge in [-0.25, -0.2) is 0 Å². The summed E-state index contributed by atoms with van der Waals surface area (Å²) in [7, 11) is 0. The maximum Gasteiger partial charge on any atom is 0.243 e. The second-order valence-corrected chi connectivity index (χ2v) is 6.61. The number of hydrogen-bond donors (Lipinski definition) is 1. The van der Waals surface area contributed by atoms with Gasteiger partial charge in [0.05, 0.1) is 12.1 Å². The summed E-state index contributed by atoms with van der Waals surface area (Å²) >= 11 is 1.65. The van der Waals surface area contributed by atoms with Gasteiger partial charge in [0.2, 0.25) is 5.91 Å². The first-order chi connectivity index (χ1) is 9.76. The number of rotatable bonds is 4. The van der Waals surface area contributed by atoms with Crippen molar-refractivity contribution >= 4 is 17.2 Å². The molecule has 0 aromatic carbocycles. The molecule has 1 aromatic rings. The van der Waals surface area contributed by atoms with Gasteiger partial charge in [0.25, 0.3) is 0 Å². The number of carbonyl (C=O) groups is 1. The molecule has 1 N–H and O–H groups in total. The van der Waals surface area contributed by atoms with Crippen molar-refractivity contribution in [1.29, 1.82) is 0 Å². The normalized spacial score (nSPS) is 27.6. The highest BCUT2D eigenvalue weighted by Gasteiger charge is 2.50. The monoisotopic (exact) mass is 295 g/mol. The van der Waals surface area contributed by atoms with Crippen LogP contribution in [0.2, 0.25) is 0 Å². The number of nitrogens with zero attached hydrogens (tertiary/aromatic N) is 3. The van der Waals surface area contributed by atoms with Crippen LogP contribution in [0.15, 0.2) is 11.7 Å². The van der Waals surface area contributed by atoms with E-state index >= 15 is 0 Å². The van der Waals surface area contributed by atoms with Crippen molar-refractivity contribution in [2.24, 2.45) is 0 Å². The molecule has 2 fully saturated rings. The number of β-amino-alcohol motifs (C(OH)–C–C–N with tert-alkyl or cyclic N) is 1. The summed E-state index contributed by atoms with van der Waals surface area (Å²) in [6.07, 6.45) is 5.91. The largest absolute Gasteiger partial charge is 0.395 e. The van der Waals surface area contributed by atoms with Crippen molar-refractivity contribution < 1.29 is 9.90 Å². The lowest BCUT2D eigenvalue weighted by Crippen LogP contribution is -2.60. The van der Waals surface area contributed by atoms with Crippen LogP contribution >= 0.6 is 11.3 Å². The lowest BCUT2D eigenvalue weighted by Gasteiger charge is -2.44. The maximum absolute atomic E-state index is 12.8. The van der Waals surface area contributed by atoms with Crippen LogP contribution in [0.4, 0.5) is 0 Å². The fourth-order valence-corrected chi connectivity index (χ4v) is 4.21. The van der Waals surface area contributed by atoms with E-state index in [4.69, 9.17) is 5.11 Å². The zero-order valence-corrected chi connectivity index (χ0v) is 12.4. The third kappa shape index (κ3) is 2.36. The maximum atomic E-state index is 12.8. The van der Waals surface area contributed by atoms with Gasteiger partial charge in [0, 0.05) is 30.7 Å². The Labute approximate surface area is 123 Å². The highest BCUT2D eigenvalue weighted by molar-refractivity contribution is 7.09.